The number of rotatable bonds is 7. The second-order valence-corrected chi connectivity index (χ2v) is 7.34. The highest BCUT2D eigenvalue weighted by atomic mass is 16.2. The Morgan fingerprint density at radius 1 is 1.00 bits per heavy atom. The lowest BCUT2D eigenvalue weighted by atomic mass is 10.0. The minimum absolute atomic E-state index is 0.0662. The number of carbonyl (C=O) groups excluding carboxylic acids is 2. The number of Topliss-reactive ketones (excluding diaryl/α,β-unsaturated/α-hetero) is 1. The van der Waals surface area contributed by atoms with Gasteiger partial charge >= 0.3 is 0 Å². The van der Waals surface area contributed by atoms with Crippen molar-refractivity contribution in [1.82, 2.24) is 19.6 Å². The van der Waals surface area contributed by atoms with E-state index >= 15 is 0 Å². The number of fused-ring (bicyclic) bond motifs is 1. The van der Waals surface area contributed by atoms with Gasteiger partial charge in [-0.15, -0.1) is 0 Å². The number of aromatic nitrogens is 4. The van der Waals surface area contributed by atoms with Crippen LogP contribution in [-0.2, 0) is 9.59 Å². The smallest absolute Gasteiger partial charge is 0.225 e. The van der Waals surface area contributed by atoms with Crippen LogP contribution in [0.2, 0.25) is 0 Å². The van der Waals surface area contributed by atoms with Gasteiger partial charge in [-0.25, -0.2) is 14.5 Å². The zero-order chi connectivity index (χ0) is 21.8. The molecule has 1 aromatic carbocycles. The molecule has 4 aromatic rings. The van der Waals surface area contributed by atoms with Gasteiger partial charge in [0.05, 0.1) is 5.69 Å². The van der Waals surface area contributed by atoms with Crippen LogP contribution in [0.5, 0.6) is 0 Å². The van der Waals surface area contributed by atoms with Crippen molar-refractivity contribution < 1.29 is 9.59 Å². The Labute approximate surface area is 180 Å². The van der Waals surface area contributed by atoms with Gasteiger partial charge in [0.2, 0.25) is 5.91 Å². The molecule has 1 amide bonds. The first-order chi connectivity index (χ1) is 15.0. The first-order valence-electron chi connectivity index (χ1n) is 10.2. The first kappa shape index (κ1) is 20.4. The summed E-state index contributed by atoms with van der Waals surface area (Å²) in [5.41, 5.74) is 5.31. The minimum Gasteiger partial charge on any atom is -0.311 e. The van der Waals surface area contributed by atoms with Crippen molar-refractivity contribution in [3.05, 3.63) is 66.5 Å². The van der Waals surface area contributed by atoms with Crippen LogP contribution in [0.4, 0.5) is 5.82 Å². The van der Waals surface area contributed by atoms with E-state index in [9.17, 15) is 9.59 Å². The quantitative estimate of drug-likeness (QED) is 0.483. The molecule has 0 fully saturated rings. The summed E-state index contributed by atoms with van der Waals surface area (Å²) < 4.78 is 1.79. The molecule has 4 rings (SSSR count). The van der Waals surface area contributed by atoms with Gasteiger partial charge in [0.15, 0.2) is 5.65 Å². The third-order valence-electron chi connectivity index (χ3n) is 5.01. The van der Waals surface area contributed by atoms with E-state index in [2.05, 4.69) is 21.5 Å². The average molecular weight is 413 g/mol. The van der Waals surface area contributed by atoms with Crippen LogP contribution < -0.4 is 5.32 Å². The summed E-state index contributed by atoms with van der Waals surface area (Å²) in [6.45, 7) is 3.83. The molecule has 1 N–H and O–H groups in total. The van der Waals surface area contributed by atoms with Crippen LogP contribution in [0.3, 0.4) is 0 Å². The highest BCUT2D eigenvalue weighted by Crippen LogP contribution is 2.33. The van der Waals surface area contributed by atoms with Gasteiger partial charge in [-0.2, -0.15) is 5.10 Å². The lowest BCUT2D eigenvalue weighted by molar-refractivity contribution is -0.122. The number of benzene rings is 1. The van der Waals surface area contributed by atoms with Gasteiger partial charge in [0.1, 0.15) is 17.3 Å². The molecule has 0 spiro atoms. The van der Waals surface area contributed by atoms with Crippen molar-refractivity contribution in [3.8, 4) is 22.5 Å². The molecule has 0 atom stereocenters. The number of pyridine rings is 1. The van der Waals surface area contributed by atoms with Crippen molar-refractivity contribution >= 4 is 23.2 Å². The number of imidazole rings is 1. The molecular formula is C24H23N5O2. The summed E-state index contributed by atoms with van der Waals surface area (Å²) in [7, 11) is 0. The molecule has 3 aromatic heterocycles. The number of hydrogen-bond acceptors (Lipinski definition) is 5. The van der Waals surface area contributed by atoms with E-state index in [1.165, 1.54) is 0 Å². The fraction of sp³-hybridized carbons (Fsp3) is 0.208. The van der Waals surface area contributed by atoms with E-state index in [-0.39, 0.29) is 24.5 Å². The van der Waals surface area contributed by atoms with Crippen molar-refractivity contribution in [2.24, 2.45) is 0 Å². The maximum atomic E-state index is 12.2. The van der Waals surface area contributed by atoms with E-state index in [1.54, 1.807) is 29.9 Å². The summed E-state index contributed by atoms with van der Waals surface area (Å²) in [5.74, 6) is 0.255. The van der Waals surface area contributed by atoms with Crippen molar-refractivity contribution in [1.29, 1.82) is 0 Å². The number of aryl methyl sites for hydroxylation is 1. The number of carbonyl (C=O) groups is 2. The molecule has 7 heteroatoms. The van der Waals surface area contributed by atoms with Gasteiger partial charge in [-0.1, -0.05) is 30.7 Å². The second kappa shape index (κ2) is 8.87. The van der Waals surface area contributed by atoms with E-state index in [4.69, 9.17) is 4.98 Å². The predicted molar refractivity (Wildman–Crippen MR) is 120 cm³/mol. The van der Waals surface area contributed by atoms with Gasteiger partial charge in [0.25, 0.3) is 0 Å². The number of hydrogen-bond donors (Lipinski definition) is 1. The zero-order valence-electron chi connectivity index (χ0n) is 17.5. The monoisotopic (exact) mass is 413 g/mol. The standard InChI is InChI=1S/C24H23N5O2/c1-3-19(30)9-10-22(31)27-20-15-18(11-13-25-20)24-23(17-7-4-6-16(2)14-17)28-21-8-5-12-26-29(21)24/h4-8,11-15H,3,9-10H2,1-2H3,(H,25,27,31). The van der Waals surface area contributed by atoms with Crippen LogP contribution in [0.1, 0.15) is 31.7 Å². The maximum Gasteiger partial charge on any atom is 0.225 e. The predicted octanol–water partition coefficient (Wildman–Crippen LogP) is 4.46. The molecule has 3 heterocycles. The first-order valence-corrected chi connectivity index (χ1v) is 10.2. The molecule has 0 aliphatic rings. The minimum atomic E-state index is -0.235. The topological polar surface area (TPSA) is 89.2 Å². The molecule has 0 aliphatic carbocycles. The SMILES string of the molecule is CCC(=O)CCC(=O)Nc1cc(-c2c(-c3cccc(C)c3)nc3cccnn23)ccn1. The van der Waals surface area contributed by atoms with Crippen LogP contribution in [0.15, 0.2) is 60.9 Å². The largest absolute Gasteiger partial charge is 0.311 e. The number of nitrogens with zero attached hydrogens (tertiary/aromatic N) is 4. The molecule has 31 heavy (non-hydrogen) atoms. The lowest BCUT2D eigenvalue weighted by Crippen LogP contribution is -2.14. The molecule has 0 aliphatic heterocycles. The Balaban J connectivity index is 1.72. The average Bonchev–Trinajstić information content (AvgIpc) is 3.17. The molecular weight excluding hydrogens is 390 g/mol. The van der Waals surface area contributed by atoms with Crippen LogP contribution in [0.25, 0.3) is 28.2 Å². The van der Waals surface area contributed by atoms with Crippen LogP contribution in [0, 0.1) is 6.92 Å². The third kappa shape index (κ3) is 4.50. The van der Waals surface area contributed by atoms with Gasteiger partial charge < -0.3 is 5.32 Å². The fourth-order valence-corrected chi connectivity index (χ4v) is 3.42. The highest BCUT2D eigenvalue weighted by molar-refractivity contribution is 5.93. The van der Waals surface area contributed by atoms with Crippen LogP contribution in [-0.4, -0.2) is 31.3 Å². The van der Waals surface area contributed by atoms with Gasteiger partial charge in [0, 0.05) is 42.8 Å². The van der Waals surface area contributed by atoms with Gasteiger partial charge in [-0.05, 0) is 37.3 Å². The molecule has 0 saturated carbocycles. The lowest BCUT2D eigenvalue weighted by Gasteiger charge is -2.08. The van der Waals surface area contributed by atoms with Gasteiger partial charge in [-0.3, -0.25) is 9.59 Å². The summed E-state index contributed by atoms with van der Waals surface area (Å²) in [5, 5.41) is 7.27. The van der Waals surface area contributed by atoms with E-state index < -0.39 is 0 Å². The summed E-state index contributed by atoms with van der Waals surface area (Å²) in [6, 6.07) is 15.6. The Morgan fingerprint density at radius 3 is 2.68 bits per heavy atom. The zero-order valence-corrected chi connectivity index (χ0v) is 17.5. The van der Waals surface area contributed by atoms with Crippen LogP contribution >= 0.6 is 0 Å². The number of anilines is 1. The number of ketones is 1. The maximum absolute atomic E-state index is 12.2. The van der Waals surface area contributed by atoms with Crippen molar-refractivity contribution in [2.75, 3.05) is 5.32 Å². The molecule has 0 bridgehead atoms. The second-order valence-electron chi connectivity index (χ2n) is 7.34. The summed E-state index contributed by atoms with van der Waals surface area (Å²) in [6.07, 6.45) is 4.17. The highest BCUT2D eigenvalue weighted by Gasteiger charge is 2.18. The molecule has 0 radical (unpaired) electrons. The normalized spacial score (nSPS) is 10.9. The van der Waals surface area contributed by atoms with E-state index in [0.717, 1.165) is 33.7 Å². The molecule has 0 saturated heterocycles. The Hall–Kier alpha value is -3.87. The Morgan fingerprint density at radius 2 is 1.87 bits per heavy atom. The summed E-state index contributed by atoms with van der Waals surface area (Å²) in [4.78, 5) is 32.8. The molecule has 7 nitrogen and oxygen atoms in total. The van der Waals surface area contributed by atoms with E-state index in [0.29, 0.717) is 12.2 Å². The fourth-order valence-electron chi connectivity index (χ4n) is 3.42. The molecule has 156 valence electrons. The Kier molecular flexibility index (Phi) is 5.84. The molecule has 0 unspecified atom stereocenters. The third-order valence-corrected chi connectivity index (χ3v) is 5.01. The Bertz CT molecular complexity index is 1260. The summed E-state index contributed by atoms with van der Waals surface area (Å²) >= 11 is 0. The number of nitrogens with one attached hydrogen (secondary N) is 1. The number of amides is 1. The van der Waals surface area contributed by atoms with E-state index in [1.807, 2.05) is 43.3 Å². The van der Waals surface area contributed by atoms with Crippen molar-refractivity contribution in [2.45, 2.75) is 33.1 Å². The van der Waals surface area contributed by atoms with Crippen molar-refractivity contribution in [3.63, 3.8) is 0 Å².